The summed E-state index contributed by atoms with van der Waals surface area (Å²) < 4.78 is 5.68. The van der Waals surface area contributed by atoms with Crippen molar-refractivity contribution in [1.82, 2.24) is 10.2 Å². The molecular formula is C17H25N3O. The van der Waals surface area contributed by atoms with Gasteiger partial charge in [-0.25, -0.2) is 0 Å². The van der Waals surface area contributed by atoms with E-state index in [4.69, 9.17) is 4.74 Å². The fourth-order valence-corrected chi connectivity index (χ4v) is 2.74. The summed E-state index contributed by atoms with van der Waals surface area (Å²) in [5.74, 6) is 0.898. The van der Waals surface area contributed by atoms with Crippen molar-refractivity contribution < 1.29 is 4.74 Å². The van der Waals surface area contributed by atoms with Gasteiger partial charge in [-0.05, 0) is 31.0 Å². The highest BCUT2D eigenvalue weighted by atomic mass is 16.5. The molecule has 1 unspecified atom stereocenters. The molecule has 4 heteroatoms. The van der Waals surface area contributed by atoms with Crippen LogP contribution < -0.4 is 10.1 Å². The van der Waals surface area contributed by atoms with Gasteiger partial charge in [-0.2, -0.15) is 5.26 Å². The fourth-order valence-electron chi connectivity index (χ4n) is 2.74. The zero-order valence-electron chi connectivity index (χ0n) is 13.1. The highest BCUT2D eigenvalue weighted by Gasteiger charge is 2.32. The molecule has 0 spiro atoms. The van der Waals surface area contributed by atoms with Gasteiger partial charge in [0.15, 0.2) is 0 Å². The Morgan fingerprint density at radius 1 is 1.38 bits per heavy atom. The molecule has 21 heavy (non-hydrogen) atoms. The second kappa shape index (κ2) is 7.44. The lowest BCUT2D eigenvalue weighted by Crippen LogP contribution is -2.55. The Hall–Kier alpha value is -1.57. The van der Waals surface area contributed by atoms with Crippen molar-refractivity contribution in [3.8, 4) is 11.8 Å². The summed E-state index contributed by atoms with van der Waals surface area (Å²) in [5, 5.41) is 13.0. The Morgan fingerprint density at radius 2 is 2.14 bits per heavy atom. The molecule has 1 fully saturated rings. The highest BCUT2D eigenvalue weighted by Crippen LogP contribution is 2.23. The third kappa shape index (κ3) is 4.20. The maximum Gasteiger partial charge on any atom is 0.119 e. The molecular weight excluding hydrogens is 262 g/mol. The Kier molecular flexibility index (Phi) is 5.60. The van der Waals surface area contributed by atoms with Crippen molar-refractivity contribution in [3.05, 3.63) is 29.8 Å². The average molecular weight is 287 g/mol. The highest BCUT2D eigenvalue weighted by molar-refractivity contribution is 5.31. The van der Waals surface area contributed by atoms with Crippen LogP contribution in [0.3, 0.4) is 0 Å². The molecule has 114 valence electrons. The molecule has 0 amide bonds. The largest absolute Gasteiger partial charge is 0.494 e. The summed E-state index contributed by atoms with van der Waals surface area (Å²) in [6.07, 6.45) is 1.73. The van der Waals surface area contributed by atoms with Gasteiger partial charge in [0.1, 0.15) is 11.3 Å². The molecule has 1 aliphatic rings. The first kappa shape index (κ1) is 15.8. The van der Waals surface area contributed by atoms with Crippen LogP contribution in [0.2, 0.25) is 0 Å². The molecule has 1 heterocycles. The van der Waals surface area contributed by atoms with Crippen LogP contribution in [-0.4, -0.2) is 43.2 Å². The van der Waals surface area contributed by atoms with Crippen LogP contribution in [0.25, 0.3) is 0 Å². The van der Waals surface area contributed by atoms with Crippen molar-refractivity contribution in [2.45, 2.75) is 32.2 Å². The number of benzene rings is 1. The normalized spacial score (nSPS) is 18.7. The van der Waals surface area contributed by atoms with Gasteiger partial charge in [-0.1, -0.05) is 19.1 Å². The van der Waals surface area contributed by atoms with Crippen LogP contribution >= 0.6 is 0 Å². The molecule has 1 aliphatic heterocycles. The zero-order chi connectivity index (χ0) is 15.1. The molecule has 0 saturated carbocycles. The molecule has 0 aliphatic carbocycles. The van der Waals surface area contributed by atoms with E-state index < -0.39 is 5.54 Å². The maximum atomic E-state index is 9.67. The van der Waals surface area contributed by atoms with E-state index in [1.807, 2.05) is 19.1 Å². The number of rotatable bonds is 6. The van der Waals surface area contributed by atoms with Crippen LogP contribution in [0.15, 0.2) is 24.3 Å². The summed E-state index contributed by atoms with van der Waals surface area (Å²) >= 11 is 0. The number of nitrogens with one attached hydrogen (secondary N) is 1. The number of nitriles is 1. The smallest absolute Gasteiger partial charge is 0.119 e. The SMILES string of the molecule is CCCOc1cccc(CC(C)(C#N)N2CCNCC2)c1. The van der Waals surface area contributed by atoms with E-state index in [1.54, 1.807) is 0 Å². The van der Waals surface area contributed by atoms with Crippen LogP contribution in [0.4, 0.5) is 0 Å². The average Bonchev–Trinajstić information content (AvgIpc) is 2.54. The van der Waals surface area contributed by atoms with Gasteiger partial charge in [0.2, 0.25) is 0 Å². The third-order valence-electron chi connectivity index (χ3n) is 3.98. The van der Waals surface area contributed by atoms with Crippen molar-refractivity contribution in [3.63, 3.8) is 0 Å². The van der Waals surface area contributed by atoms with Gasteiger partial charge in [-0.15, -0.1) is 0 Å². The Balaban J connectivity index is 2.08. The number of hydrogen-bond donors (Lipinski definition) is 1. The van der Waals surface area contributed by atoms with Crippen LogP contribution in [-0.2, 0) is 6.42 Å². The monoisotopic (exact) mass is 287 g/mol. The summed E-state index contributed by atoms with van der Waals surface area (Å²) in [7, 11) is 0. The van der Waals surface area contributed by atoms with Gasteiger partial charge in [0.25, 0.3) is 0 Å². The lowest BCUT2D eigenvalue weighted by Gasteiger charge is -2.39. The topological polar surface area (TPSA) is 48.3 Å². The van der Waals surface area contributed by atoms with Crippen LogP contribution in [0, 0.1) is 11.3 Å². The third-order valence-corrected chi connectivity index (χ3v) is 3.98. The van der Waals surface area contributed by atoms with E-state index in [9.17, 15) is 5.26 Å². The molecule has 1 aromatic rings. The number of nitrogens with zero attached hydrogens (tertiary/aromatic N) is 2. The molecule has 0 radical (unpaired) electrons. The minimum absolute atomic E-state index is 0.453. The lowest BCUT2D eigenvalue weighted by atomic mass is 9.91. The number of ether oxygens (including phenoxy) is 1. The van der Waals surface area contributed by atoms with Gasteiger partial charge in [0, 0.05) is 32.6 Å². The minimum atomic E-state index is -0.453. The standard InChI is InChI=1S/C17H25N3O/c1-3-11-21-16-6-4-5-15(12-16)13-17(2,14-18)20-9-7-19-8-10-20/h4-6,12,19H,3,7-11,13H2,1-2H3. The molecule has 0 aromatic heterocycles. The summed E-state index contributed by atoms with van der Waals surface area (Å²) in [4.78, 5) is 2.28. The van der Waals surface area contributed by atoms with Crippen LogP contribution in [0.1, 0.15) is 25.8 Å². The summed E-state index contributed by atoms with van der Waals surface area (Å²) in [6.45, 7) is 8.63. The number of piperazine rings is 1. The van der Waals surface area contributed by atoms with Gasteiger partial charge >= 0.3 is 0 Å². The Bertz CT molecular complexity index is 491. The second-order valence-electron chi connectivity index (χ2n) is 5.80. The van der Waals surface area contributed by atoms with E-state index in [-0.39, 0.29) is 0 Å². The predicted molar refractivity (Wildman–Crippen MR) is 84.4 cm³/mol. The van der Waals surface area contributed by atoms with E-state index in [2.05, 4.69) is 35.3 Å². The van der Waals surface area contributed by atoms with Crippen molar-refractivity contribution in [2.24, 2.45) is 0 Å². The first-order chi connectivity index (χ1) is 10.2. The van der Waals surface area contributed by atoms with E-state index in [1.165, 1.54) is 0 Å². The van der Waals surface area contributed by atoms with Crippen molar-refractivity contribution in [1.29, 1.82) is 5.26 Å². The zero-order valence-corrected chi connectivity index (χ0v) is 13.1. The second-order valence-corrected chi connectivity index (χ2v) is 5.80. The van der Waals surface area contributed by atoms with E-state index in [0.29, 0.717) is 0 Å². The molecule has 4 nitrogen and oxygen atoms in total. The van der Waals surface area contributed by atoms with E-state index >= 15 is 0 Å². The predicted octanol–water partition coefficient (Wildman–Crippen LogP) is 2.21. The molecule has 1 N–H and O–H groups in total. The maximum absolute atomic E-state index is 9.67. The van der Waals surface area contributed by atoms with Gasteiger partial charge in [-0.3, -0.25) is 4.90 Å². The van der Waals surface area contributed by atoms with Crippen molar-refractivity contribution >= 4 is 0 Å². The number of hydrogen-bond acceptors (Lipinski definition) is 4. The van der Waals surface area contributed by atoms with Crippen LogP contribution in [0.5, 0.6) is 5.75 Å². The first-order valence-corrected chi connectivity index (χ1v) is 7.77. The fraction of sp³-hybridized carbons (Fsp3) is 0.588. The lowest BCUT2D eigenvalue weighted by molar-refractivity contribution is 0.132. The Labute approximate surface area is 127 Å². The summed E-state index contributed by atoms with van der Waals surface area (Å²) in [6, 6.07) is 10.6. The quantitative estimate of drug-likeness (QED) is 0.871. The molecule has 1 aromatic carbocycles. The molecule has 1 saturated heterocycles. The molecule has 1 atom stereocenters. The minimum Gasteiger partial charge on any atom is -0.494 e. The van der Waals surface area contributed by atoms with Gasteiger partial charge in [0.05, 0.1) is 12.7 Å². The summed E-state index contributed by atoms with van der Waals surface area (Å²) in [5.41, 5.74) is 0.706. The molecule has 2 rings (SSSR count). The Morgan fingerprint density at radius 3 is 2.81 bits per heavy atom. The van der Waals surface area contributed by atoms with E-state index in [0.717, 1.165) is 56.9 Å². The molecule has 0 bridgehead atoms. The van der Waals surface area contributed by atoms with Gasteiger partial charge < -0.3 is 10.1 Å². The van der Waals surface area contributed by atoms with Crippen molar-refractivity contribution in [2.75, 3.05) is 32.8 Å². The first-order valence-electron chi connectivity index (χ1n) is 7.77.